The number of Topliss-reactive ketones (excluding diaryl/α,β-unsaturated/α-hetero) is 1. The van der Waals surface area contributed by atoms with Crippen LogP contribution >= 0.6 is 0 Å². The fourth-order valence-electron chi connectivity index (χ4n) is 0.780. The Bertz CT molecular complexity index is 262. The quantitative estimate of drug-likeness (QED) is 0.525. The average molecular weight is 150 g/mol. The molecule has 0 radical (unpaired) electrons. The van der Waals surface area contributed by atoms with Crippen molar-refractivity contribution in [3.63, 3.8) is 0 Å². The van der Waals surface area contributed by atoms with Gasteiger partial charge in [-0.3, -0.25) is 9.89 Å². The van der Waals surface area contributed by atoms with E-state index in [2.05, 4.69) is 16.8 Å². The predicted molar refractivity (Wildman–Crippen MR) is 42.3 cm³/mol. The van der Waals surface area contributed by atoms with Gasteiger partial charge in [-0.25, -0.2) is 0 Å². The number of ketones is 1. The smallest absolute Gasteiger partial charge is 0.170 e. The topological polar surface area (TPSA) is 45.8 Å². The molecule has 0 aliphatic rings. The molecule has 1 aromatic heterocycles. The van der Waals surface area contributed by atoms with Gasteiger partial charge in [-0.2, -0.15) is 5.10 Å². The van der Waals surface area contributed by atoms with Crippen molar-refractivity contribution in [2.45, 2.75) is 13.3 Å². The van der Waals surface area contributed by atoms with Gasteiger partial charge in [0.1, 0.15) is 0 Å². The highest BCUT2D eigenvalue weighted by Crippen LogP contribution is 2.04. The summed E-state index contributed by atoms with van der Waals surface area (Å²) < 4.78 is 0. The fourth-order valence-corrected chi connectivity index (χ4v) is 0.780. The molecule has 1 N–H and O–H groups in total. The molecule has 11 heavy (non-hydrogen) atoms. The van der Waals surface area contributed by atoms with Gasteiger partial charge in [-0.15, -0.1) is 0 Å². The Morgan fingerprint density at radius 3 is 3.00 bits per heavy atom. The molecule has 3 nitrogen and oxygen atoms in total. The van der Waals surface area contributed by atoms with E-state index in [1.807, 2.05) is 6.92 Å². The molecule has 0 aromatic carbocycles. The lowest BCUT2D eigenvalue weighted by atomic mass is 10.1. The van der Waals surface area contributed by atoms with Crippen LogP contribution in [0.5, 0.6) is 0 Å². The van der Waals surface area contributed by atoms with E-state index in [1.54, 1.807) is 6.20 Å². The number of hydrogen-bond acceptors (Lipinski definition) is 2. The van der Waals surface area contributed by atoms with Crippen molar-refractivity contribution in [2.75, 3.05) is 0 Å². The van der Waals surface area contributed by atoms with Crippen LogP contribution in [0, 0.1) is 0 Å². The molecule has 0 amide bonds. The zero-order valence-electron chi connectivity index (χ0n) is 6.42. The van der Waals surface area contributed by atoms with Gasteiger partial charge >= 0.3 is 0 Å². The summed E-state index contributed by atoms with van der Waals surface area (Å²) in [5, 5.41) is 6.26. The molecule has 1 aromatic rings. The monoisotopic (exact) mass is 150 g/mol. The van der Waals surface area contributed by atoms with E-state index in [4.69, 9.17) is 0 Å². The molecule has 0 atom stereocenters. The van der Waals surface area contributed by atoms with Crippen molar-refractivity contribution < 1.29 is 4.79 Å². The Balaban J connectivity index is 2.64. The lowest BCUT2D eigenvalue weighted by Gasteiger charge is -1.93. The maximum Gasteiger partial charge on any atom is 0.170 e. The van der Waals surface area contributed by atoms with Gasteiger partial charge in [0.2, 0.25) is 0 Å². The predicted octanol–water partition coefficient (Wildman–Crippen LogP) is 1.56. The van der Waals surface area contributed by atoms with Crippen molar-refractivity contribution in [2.24, 2.45) is 0 Å². The number of H-pyrrole nitrogens is 1. The first-order valence-corrected chi connectivity index (χ1v) is 3.36. The zero-order valence-corrected chi connectivity index (χ0v) is 6.42. The fraction of sp³-hybridized carbons (Fsp3) is 0.250. The Labute approximate surface area is 65.1 Å². The van der Waals surface area contributed by atoms with Gasteiger partial charge in [-0.05, 0) is 6.92 Å². The van der Waals surface area contributed by atoms with Crippen molar-refractivity contribution in [3.05, 3.63) is 30.1 Å². The summed E-state index contributed by atoms with van der Waals surface area (Å²) in [6, 6.07) is 0. The Hall–Kier alpha value is -1.38. The first-order chi connectivity index (χ1) is 5.20. The second kappa shape index (κ2) is 3.14. The third-order valence-electron chi connectivity index (χ3n) is 1.28. The summed E-state index contributed by atoms with van der Waals surface area (Å²) in [5.41, 5.74) is 1.49. The lowest BCUT2D eigenvalue weighted by Crippen LogP contribution is -1.96. The number of nitrogens with one attached hydrogen (secondary N) is 1. The molecule has 0 unspecified atom stereocenters. The van der Waals surface area contributed by atoms with E-state index in [0.717, 1.165) is 5.57 Å². The summed E-state index contributed by atoms with van der Waals surface area (Å²) in [7, 11) is 0. The van der Waals surface area contributed by atoms with Gasteiger partial charge in [0.15, 0.2) is 5.78 Å². The molecule has 0 aliphatic heterocycles. The second-order valence-corrected chi connectivity index (χ2v) is 2.54. The molecule has 0 fully saturated rings. The number of hydrogen-bond donors (Lipinski definition) is 1. The minimum atomic E-state index is 0.0613. The van der Waals surface area contributed by atoms with Crippen molar-refractivity contribution >= 4 is 5.78 Å². The first-order valence-electron chi connectivity index (χ1n) is 3.36. The first kappa shape index (κ1) is 7.72. The largest absolute Gasteiger partial charge is 0.294 e. The Kier molecular flexibility index (Phi) is 2.21. The number of nitrogens with zero attached hydrogens (tertiary/aromatic N) is 1. The summed E-state index contributed by atoms with van der Waals surface area (Å²) in [5.74, 6) is 0.0613. The van der Waals surface area contributed by atoms with Gasteiger partial charge in [0.25, 0.3) is 0 Å². The molecular formula is C8H10N2O. The Morgan fingerprint density at radius 2 is 2.55 bits per heavy atom. The maximum atomic E-state index is 11.2. The van der Waals surface area contributed by atoms with Crippen LogP contribution in [-0.2, 0) is 0 Å². The van der Waals surface area contributed by atoms with E-state index in [1.165, 1.54) is 6.20 Å². The van der Waals surface area contributed by atoms with E-state index in [-0.39, 0.29) is 5.78 Å². The third-order valence-corrected chi connectivity index (χ3v) is 1.28. The van der Waals surface area contributed by atoms with Crippen LogP contribution in [0.25, 0.3) is 0 Å². The van der Waals surface area contributed by atoms with Crippen molar-refractivity contribution in [3.8, 4) is 0 Å². The maximum absolute atomic E-state index is 11.2. The molecular weight excluding hydrogens is 140 g/mol. The second-order valence-electron chi connectivity index (χ2n) is 2.54. The van der Waals surface area contributed by atoms with Crippen LogP contribution in [0.1, 0.15) is 23.7 Å². The minimum absolute atomic E-state index is 0.0613. The summed E-state index contributed by atoms with van der Waals surface area (Å²) in [6.07, 6.45) is 3.51. The van der Waals surface area contributed by atoms with Crippen LogP contribution in [0.2, 0.25) is 0 Å². The van der Waals surface area contributed by atoms with E-state index in [9.17, 15) is 4.79 Å². The van der Waals surface area contributed by atoms with E-state index < -0.39 is 0 Å². The van der Waals surface area contributed by atoms with Gasteiger partial charge in [-0.1, -0.05) is 12.2 Å². The lowest BCUT2D eigenvalue weighted by molar-refractivity contribution is 0.0993. The summed E-state index contributed by atoms with van der Waals surface area (Å²) in [4.78, 5) is 11.2. The number of carbonyl (C=O) groups excluding carboxylic acids is 1. The van der Waals surface area contributed by atoms with Gasteiger partial charge in [0.05, 0.1) is 11.8 Å². The van der Waals surface area contributed by atoms with Crippen molar-refractivity contribution in [1.29, 1.82) is 0 Å². The average Bonchev–Trinajstić information content (AvgIpc) is 2.35. The molecule has 3 heteroatoms. The van der Waals surface area contributed by atoms with Gasteiger partial charge in [0, 0.05) is 12.6 Å². The van der Waals surface area contributed by atoms with Gasteiger partial charge < -0.3 is 0 Å². The Morgan fingerprint density at radius 1 is 1.82 bits per heavy atom. The van der Waals surface area contributed by atoms with Crippen LogP contribution < -0.4 is 0 Å². The molecule has 1 heterocycles. The normalized spacial score (nSPS) is 9.55. The molecule has 1 rings (SSSR count). The number of aromatic amines is 1. The van der Waals surface area contributed by atoms with E-state index >= 15 is 0 Å². The highest BCUT2D eigenvalue weighted by molar-refractivity contribution is 5.96. The SMILES string of the molecule is C=C(C)CC(=O)c1cn[nH]c1. The molecule has 0 spiro atoms. The third kappa shape index (κ3) is 2.04. The zero-order chi connectivity index (χ0) is 8.27. The van der Waals surface area contributed by atoms with Crippen LogP contribution in [0.3, 0.4) is 0 Å². The highest BCUT2D eigenvalue weighted by Gasteiger charge is 2.05. The molecule has 0 aliphatic carbocycles. The number of allylic oxidation sites excluding steroid dienone is 1. The standard InChI is InChI=1S/C8H10N2O/c1-6(2)3-8(11)7-4-9-10-5-7/h4-5H,1,3H2,2H3,(H,9,10). The van der Waals surface area contributed by atoms with E-state index in [0.29, 0.717) is 12.0 Å². The number of aromatic nitrogens is 2. The molecule has 58 valence electrons. The molecule has 0 bridgehead atoms. The van der Waals surface area contributed by atoms with Crippen molar-refractivity contribution in [1.82, 2.24) is 10.2 Å². The van der Waals surface area contributed by atoms with Crippen LogP contribution in [-0.4, -0.2) is 16.0 Å². The summed E-state index contributed by atoms with van der Waals surface area (Å²) in [6.45, 7) is 5.48. The number of carbonyl (C=O) groups is 1. The van der Waals surface area contributed by atoms with Crippen LogP contribution in [0.15, 0.2) is 24.5 Å². The number of rotatable bonds is 3. The minimum Gasteiger partial charge on any atom is -0.294 e. The summed E-state index contributed by atoms with van der Waals surface area (Å²) >= 11 is 0. The highest BCUT2D eigenvalue weighted by atomic mass is 16.1. The molecule has 0 saturated carbocycles. The molecule has 0 saturated heterocycles. The van der Waals surface area contributed by atoms with Crippen LogP contribution in [0.4, 0.5) is 0 Å².